The minimum absolute atomic E-state index is 0.0374. The lowest BCUT2D eigenvalue weighted by molar-refractivity contribution is -0.113. The average molecular weight is 476 g/mol. The van der Waals surface area contributed by atoms with Crippen molar-refractivity contribution in [3.8, 4) is 5.69 Å². The van der Waals surface area contributed by atoms with Crippen LogP contribution in [0.2, 0.25) is 5.02 Å². The van der Waals surface area contributed by atoms with Crippen LogP contribution in [0.1, 0.15) is 27.2 Å². The highest BCUT2D eigenvalue weighted by molar-refractivity contribution is 7.99. The number of anilines is 2. The molecule has 1 aromatic carbocycles. The Hall–Kier alpha value is -2.82. The first-order chi connectivity index (χ1) is 14.8. The van der Waals surface area contributed by atoms with Gasteiger partial charge in [0, 0.05) is 21.7 Å². The Labute approximate surface area is 190 Å². The van der Waals surface area contributed by atoms with Crippen molar-refractivity contribution in [3.05, 3.63) is 61.7 Å². The predicted octanol–water partition coefficient (Wildman–Crippen LogP) is 2.85. The SMILES string of the molecule is NC(=O)c1c(NC(=O)CSc2nc(=O)cc(N)n2-c2ccc(Cl)cc2)sc2c1CCC2. The van der Waals surface area contributed by atoms with E-state index in [0.717, 1.165) is 41.5 Å². The number of aromatic nitrogens is 2. The molecule has 0 aliphatic heterocycles. The number of aryl methyl sites for hydroxylation is 1. The van der Waals surface area contributed by atoms with Gasteiger partial charge in [0.2, 0.25) is 5.91 Å². The van der Waals surface area contributed by atoms with Gasteiger partial charge in [-0.25, -0.2) is 0 Å². The third-order valence-corrected chi connectivity index (χ3v) is 7.16. The monoisotopic (exact) mass is 475 g/mol. The summed E-state index contributed by atoms with van der Waals surface area (Å²) in [5.74, 6) is -0.733. The van der Waals surface area contributed by atoms with Crippen LogP contribution in [0.25, 0.3) is 5.69 Å². The van der Waals surface area contributed by atoms with Gasteiger partial charge in [0.1, 0.15) is 10.8 Å². The number of amides is 2. The Morgan fingerprint density at radius 3 is 2.71 bits per heavy atom. The highest BCUT2D eigenvalue weighted by atomic mass is 35.5. The number of rotatable bonds is 6. The van der Waals surface area contributed by atoms with E-state index in [1.54, 1.807) is 28.8 Å². The number of nitrogens with one attached hydrogen (secondary N) is 1. The third-order valence-electron chi connectivity index (χ3n) is 4.76. The van der Waals surface area contributed by atoms with Gasteiger partial charge in [0.25, 0.3) is 11.5 Å². The molecule has 160 valence electrons. The molecule has 2 heterocycles. The van der Waals surface area contributed by atoms with E-state index in [4.69, 9.17) is 23.1 Å². The van der Waals surface area contributed by atoms with Crippen LogP contribution in [-0.4, -0.2) is 27.1 Å². The lowest BCUT2D eigenvalue weighted by Crippen LogP contribution is -2.20. The molecule has 0 saturated carbocycles. The largest absolute Gasteiger partial charge is 0.385 e. The van der Waals surface area contributed by atoms with Crippen molar-refractivity contribution in [2.45, 2.75) is 24.4 Å². The molecule has 5 N–H and O–H groups in total. The summed E-state index contributed by atoms with van der Waals surface area (Å²) in [6.07, 6.45) is 2.65. The van der Waals surface area contributed by atoms with Crippen molar-refractivity contribution in [3.63, 3.8) is 0 Å². The molecule has 0 spiro atoms. The Kier molecular flexibility index (Phi) is 6.03. The molecule has 0 fully saturated rings. The number of carbonyl (C=O) groups excluding carboxylic acids is 2. The minimum Gasteiger partial charge on any atom is -0.385 e. The Balaban J connectivity index is 1.55. The molecule has 1 aliphatic rings. The molecule has 8 nitrogen and oxygen atoms in total. The van der Waals surface area contributed by atoms with Gasteiger partial charge >= 0.3 is 0 Å². The van der Waals surface area contributed by atoms with Gasteiger partial charge in [-0.3, -0.25) is 19.0 Å². The topological polar surface area (TPSA) is 133 Å². The summed E-state index contributed by atoms with van der Waals surface area (Å²) in [6, 6.07) is 8.07. The smallest absolute Gasteiger partial charge is 0.275 e. The molecular formula is C20H18ClN5O3S2. The van der Waals surface area contributed by atoms with Crippen molar-refractivity contribution in [1.82, 2.24) is 9.55 Å². The van der Waals surface area contributed by atoms with Gasteiger partial charge in [-0.15, -0.1) is 11.3 Å². The van der Waals surface area contributed by atoms with E-state index >= 15 is 0 Å². The normalized spacial score (nSPS) is 12.5. The number of nitrogen functional groups attached to an aromatic ring is 1. The number of carbonyl (C=O) groups is 2. The third kappa shape index (κ3) is 4.46. The minimum atomic E-state index is -0.545. The van der Waals surface area contributed by atoms with Crippen LogP contribution < -0.4 is 22.3 Å². The fraction of sp³-hybridized carbons (Fsp3) is 0.200. The number of thioether (sulfide) groups is 1. The molecule has 0 bridgehead atoms. The number of hydrogen-bond acceptors (Lipinski definition) is 7. The molecule has 3 aromatic rings. The van der Waals surface area contributed by atoms with Crippen LogP contribution in [0, 0.1) is 0 Å². The van der Waals surface area contributed by atoms with E-state index in [1.165, 1.54) is 17.4 Å². The van der Waals surface area contributed by atoms with E-state index in [0.29, 0.717) is 21.3 Å². The summed E-state index contributed by atoms with van der Waals surface area (Å²) >= 11 is 8.40. The van der Waals surface area contributed by atoms with E-state index in [2.05, 4.69) is 10.3 Å². The standard InChI is InChI=1S/C20H18ClN5O3S2/c21-10-4-6-11(7-5-10)26-14(22)8-15(27)25-20(26)30-9-16(28)24-19-17(18(23)29)12-2-1-3-13(12)31-19/h4-8H,1-3,9,22H2,(H2,23,29)(H,24,28). The Morgan fingerprint density at radius 2 is 2.00 bits per heavy atom. The summed E-state index contributed by atoms with van der Waals surface area (Å²) in [5.41, 5.74) is 13.1. The van der Waals surface area contributed by atoms with Crippen molar-refractivity contribution in [2.75, 3.05) is 16.8 Å². The number of fused-ring (bicyclic) bond motifs is 1. The zero-order chi connectivity index (χ0) is 22.1. The highest BCUT2D eigenvalue weighted by Gasteiger charge is 2.26. The average Bonchev–Trinajstić information content (AvgIpc) is 3.27. The molecule has 11 heteroatoms. The maximum atomic E-state index is 12.6. The summed E-state index contributed by atoms with van der Waals surface area (Å²) < 4.78 is 1.57. The second-order valence-corrected chi connectivity index (χ2v) is 9.36. The molecular weight excluding hydrogens is 458 g/mol. The molecule has 0 saturated heterocycles. The van der Waals surface area contributed by atoms with Crippen LogP contribution in [-0.2, 0) is 17.6 Å². The van der Waals surface area contributed by atoms with Crippen molar-refractivity contribution in [1.29, 1.82) is 0 Å². The number of thiophene rings is 1. The van der Waals surface area contributed by atoms with Gasteiger partial charge in [0.05, 0.1) is 11.3 Å². The summed E-state index contributed by atoms with van der Waals surface area (Å²) in [7, 11) is 0. The van der Waals surface area contributed by atoms with Crippen LogP contribution in [0.4, 0.5) is 10.8 Å². The maximum absolute atomic E-state index is 12.6. The molecule has 0 atom stereocenters. The maximum Gasteiger partial charge on any atom is 0.275 e. The summed E-state index contributed by atoms with van der Waals surface area (Å²) in [4.78, 5) is 41.5. The van der Waals surface area contributed by atoms with Gasteiger partial charge in [-0.05, 0) is 49.1 Å². The lowest BCUT2D eigenvalue weighted by atomic mass is 10.1. The zero-order valence-corrected chi connectivity index (χ0v) is 18.6. The number of nitrogens with two attached hydrogens (primary N) is 2. The zero-order valence-electron chi connectivity index (χ0n) is 16.2. The lowest BCUT2D eigenvalue weighted by Gasteiger charge is -2.14. The highest BCUT2D eigenvalue weighted by Crippen LogP contribution is 2.39. The molecule has 2 amide bonds. The molecule has 2 aromatic heterocycles. The van der Waals surface area contributed by atoms with Crippen molar-refractivity contribution in [2.24, 2.45) is 5.73 Å². The molecule has 4 rings (SSSR count). The van der Waals surface area contributed by atoms with Crippen LogP contribution in [0.3, 0.4) is 0 Å². The fourth-order valence-corrected chi connectivity index (χ4v) is 5.73. The van der Waals surface area contributed by atoms with Crippen LogP contribution in [0.15, 0.2) is 40.3 Å². The summed E-state index contributed by atoms with van der Waals surface area (Å²) in [6.45, 7) is 0. The quantitative estimate of drug-likeness (QED) is 0.371. The Bertz CT molecular complexity index is 1240. The van der Waals surface area contributed by atoms with Gasteiger partial charge < -0.3 is 16.8 Å². The second kappa shape index (κ2) is 8.74. The fourth-order valence-electron chi connectivity index (χ4n) is 3.47. The first kappa shape index (κ1) is 21.4. The molecule has 0 unspecified atom stereocenters. The van der Waals surface area contributed by atoms with Gasteiger partial charge in [-0.2, -0.15) is 4.98 Å². The number of hydrogen-bond donors (Lipinski definition) is 3. The van der Waals surface area contributed by atoms with E-state index in [-0.39, 0.29) is 22.6 Å². The van der Waals surface area contributed by atoms with Gasteiger partial charge in [0.15, 0.2) is 5.16 Å². The van der Waals surface area contributed by atoms with Crippen LogP contribution in [0.5, 0.6) is 0 Å². The van der Waals surface area contributed by atoms with Crippen molar-refractivity contribution >= 4 is 57.3 Å². The van der Waals surface area contributed by atoms with Crippen LogP contribution >= 0.6 is 34.7 Å². The molecule has 1 aliphatic carbocycles. The van der Waals surface area contributed by atoms with E-state index in [1.807, 2.05) is 0 Å². The number of nitrogens with zero attached hydrogens (tertiary/aromatic N) is 2. The number of halogens is 1. The number of primary amides is 1. The van der Waals surface area contributed by atoms with Gasteiger partial charge in [-0.1, -0.05) is 23.4 Å². The predicted molar refractivity (Wildman–Crippen MR) is 123 cm³/mol. The first-order valence-corrected chi connectivity index (χ1v) is 11.5. The number of benzene rings is 1. The van der Waals surface area contributed by atoms with Crippen molar-refractivity contribution < 1.29 is 9.59 Å². The summed E-state index contributed by atoms with van der Waals surface area (Å²) in [5, 5.41) is 4.08. The second-order valence-electron chi connectivity index (χ2n) is 6.88. The Morgan fingerprint density at radius 1 is 1.26 bits per heavy atom. The molecule has 31 heavy (non-hydrogen) atoms. The first-order valence-electron chi connectivity index (χ1n) is 9.36. The molecule has 0 radical (unpaired) electrons. The van der Waals surface area contributed by atoms with E-state index < -0.39 is 11.5 Å². The van der Waals surface area contributed by atoms with E-state index in [9.17, 15) is 14.4 Å².